The average Bonchev–Trinajstić information content (AvgIpc) is 3.16. The number of rotatable bonds is 5. The summed E-state index contributed by atoms with van der Waals surface area (Å²) in [5, 5.41) is 10.0. The van der Waals surface area contributed by atoms with E-state index in [1.807, 2.05) is 12.1 Å². The van der Waals surface area contributed by atoms with Crippen molar-refractivity contribution in [2.24, 2.45) is 0 Å². The zero-order valence-electron chi connectivity index (χ0n) is 14.6. The van der Waals surface area contributed by atoms with Gasteiger partial charge in [-0.3, -0.25) is 14.9 Å². The van der Waals surface area contributed by atoms with E-state index in [0.717, 1.165) is 5.56 Å². The van der Waals surface area contributed by atoms with E-state index in [4.69, 9.17) is 16.3 Å². The maximum absolute atomic E-state index is 12.2. The molecule has 28 heavy (non-hydrogen) atoms. The van der Waals surface area contributed by atoms with Crippen molar-refractivity contribution >= 4 is 35.1 Å². The minimum absolute atomic E-state index is 0.156. The van der Waals surface area contributed by atoms with E-state index in [9.17, 15) is 9.59 Å². The maximum Gasteiger partial charge on any atom is 0.262 e. The molecule has 0 saturated carbocycles. The summed E-state index contributed by atoms with van der Waals surface area (Å²) in [4.78, 5) is 28.3. The number of benzene rings is 2. The van der Waals surface area contributed by atoms with E-state index in [-0.39, 0.29) is 30.9 Å². The maximum atomic E-state index is 12.2. The average molecular weight is 398 g/mol. The number of fused-ring (bicyclic) bond motifs is 1. The van der Waals surface area contributed by atoms with Crippen LogP contribution in [-0.4, -0.2) is 33.2 Å². The van der Waals surface area contributed by atoms with Crippen LogP contribution in [0, 0.1) is 0 Å². The molecule has 0 bridgehead atoms. The number of anilines is 2. The van der Waals surface area contributed by atoms with Crippen molar-refractivity contribution in [2.45, 2.75) is 12.5 Å². The van der Waals surface area contributed by atoms with Gasteiger partial charge in [0.25, 0.3) is 5.91 Å². The zero-order valence-corrected chi connectivity index (χ0v) is 15.4. The lowest BCUT2D eigenvalue weighted by Crippen LogP contribution is -2.29. The Morgan fingerprint density at radius 2 is 2.04 bits per heavy atom. The second kappa shape index (κ2) is 7.69. The molecule has 9 heteroatoms. The normalized spacial score (nSPS) is 15.5. The second-order valence-corrected chi connectivity index (χ2v) is 6.56. The largest absolute Gasteiger partial charge is 0.483 e. The number of para-hydroxylation sites is 2. The first kappa shape index (κ1) is 18.0. The third kappa shape index (κ3) is 3.67. The number of halogens is 1. The van der Waals surface area contributed by atoms with Gasteiger partial charge < -0.3 is 10.1 Å². The summed E-state index contributed by atoms with van der Waals surface area (Å²) < 4.78 is 7.38. The molecule has 2 amide bonds. The summed E-state index contributed by atoms with van der Waals surface area (Å²) in [6, 6.07) is 13.8. The number of nitrogens with one attached hydrogen (secondary N) is 2. The highest BCUT2D eigenvalue weighted by molar-refractivity contribution is 6.33. The van der Waals surface area contributed by atoms with Gasteiger partial charge in [-0.2, -0.15) is 10.1 Å². The fourth-order valence-corrected chi connectivity index (χ4v) is 3.21. The second-order valence-electron chi connectivity index (χ2n) is 6.15. The Morgan fingerprint density at radius 1 is 1.25 bits per heavy atom. The highest BCUT2D eigenvalue weighted by Crippen LogP contribution is 2.34. The fraction of sp³-hybridized carbons (Fsp3) is 0.158. The molecule has 0 radical (unpaired) electrons. The van der Waals surface area contributed by atoms with Crippen LogP contribution in [0.5, 0.6) is 5.75 Å². The van der Waals surface area contributed by atoms with Gasteiger partial charge in [0.05, 0.1) is 23.2 Å². The van der Waals surface area contributed by atoms with Gasteiger partial charge >= 0.3 is 0 Å². The van der Waals surface area contributed by atoms with E-state index in [0.29, 0.717) is 22.4 Å². The van der Waals surface area contributed by atoms with Crippen LogP contribution in [0.2, 0.25) is 5.02 Å². The number of hydrogen-bond donors (Lipinski definition) is 2. The van der Waals surface area contributed by atoms with Gasteiger partial charge in [0.15, 0.2) is 6.61 Å². The van der Waals surface area contributed by atoms with E-state index >= 15 is 0 Å². The number of carbonyl (C=O) groups is 2. The molecule has 2 N–H and O–H groups in total. The van der Waals surface area contributed by atoms with Crippen molar-refractivity contribution in [3.63, 3.8) is 0 Å². The van der Waals surface area contributed by atoms with Crippen LogP contribution < -0.4 is 15.4 Å². The van der Waals surface area contributed by atoms with Gasteiger partial charge in [0.2, 0.25) is 11.9 Å². The third-order valence-electron chi connectivity index (χ3n) is 4.28. The molecule has 0 fully saturated rings. The number of nitrogens with zero attached hydrogens (tertiary/aromatic N) is 3. The Labute approximate surface area is 165 Å². The monoisotopic (exact) mass is 397 g/mol. The molecule has 1 aromatic heterocycles. The minimum atomic E-state index is -0.367. The predicted molar refractivity (Wildman–Crippen MR) is 103 cm³/mol. The number of ether oxygens (including phenoxy) is 1. The quantitative estimate of drug-likeness (QED) is 0.689. The molecule has 1 unspecified atom stereocenters. The van der Waals surface area contributed by atoms with Gasteiger partial charge in [-0.1, -0.05) is 41.9 Å². The van der Waals surface area contributed by atoms with Crippen molar-refractivity contribution in [3.8, 4) is 5.75 Å². The fourth-order valence-electron chi connectivity index (χ4n) is 3.03. The first-order valence-electron chi connectivity index (χ1n) is 8.57. The van der Waals surface area contributed by atoms with Gasteiger partial charge in [-0.25, -0.2) is 4.68 Å². The first-order chi connectivity index (χ1) is 13.6. The van der Waals surface area contributed by atoms with Crippen LogP contribution in [0.4, 0.5) is 11.6 Å². The molecule has 2 aromatic carbocycles. The molecular formula is C19H16ClN5O3. The Kier molecular flexibility index (Phi) is 4.94. The van der Waals surface area contributed by atoms with E-state index < -0.39 is 0 Å². The van der Waals surface area contributed by atoms with Crippen LogP contribution >= 0.6 is 11.6 Å². The topological polar surface area (TPSA) is 98.1 Å². The van der Waals surface area contributed by atoms with Crippen LogP contribution in [0.15, 0.2) is 54.9 Å². The van der Waals surface area contributed by atoms with Crippen molar-refractivity contribution < 1.29 is 14.3 Å². The summed E-state index contributed by atoms with van der Waals surface area (Å²) >= 11 is 6.05. The van der Waals surface area contributed by atoms with Crippen molar-refractivity contribution in [1.82, 2.24) is 14.8 Å². The predicted octanol–water partition coefficient (Wildman–Crippen LogP) is 2.88. The standard InChI is InChI=1S/C19H16ClN5O3/c20-13-6-2-3-7-14(13)23-18(27)10-28-16-8-4-1-5-12(16)15-9-17(26)24-19-21-11-22-25(15)19/h1-8,11,15H,9-10H2,(H,23,27)(H,21,22,24,26). The highest BCUT2D eigenvalue weighted by Gasteiger charge is 2.29. The lowest BCUT2D eigenvalue weighted by atomic mass is 10.0. The summed E-state index contributed by atoms with van der Waals surface area (Å²) in [6.07, 6.45) is 1.58. The van der Waals surface area contributed by atoms with E-state index in [1.54, 1.807) is 41.1 Å². The lowest BCUT2D eigenvalue weighted by molar-refractivity contribution is -0.118. The summed E-state index contributed by atoms with van der Waals surface area (Å²) in [5.41, 5.74) is 1.26. The number of aromatic nitrogens is 3. The molecule has 2 heterocycles. The molecule has 1 aliphatic heterocycles. The molecule has 3 aromatic rings. The Morgan fingerprint density at radius 3 is 2.89 bits per heavy atom. The smallest absolute Gasteiger partial charge is 0.262 e. The van der Waals surface area contributed by atoms with E-state index in [1.165, 1.54) is 6.33 Å². The van der Waals surface area contributed by atoms with Gasteiger partial charge in [0.1, 0.15) is 12.1 Å². The number of carbonyl (C=O) groups excluding carboxylic acids is 2. The molecule has 1 atom stereocenters. The highest BCUT2D eigenvalue weighted by atomic mass is 35.5. The molecule has 1 aliphatic rings. The zero-order chi connectivity index (χ0) is 19.5. The SMILES string of the molecule is O=C(COc1ccccc1C1CC(=O)Nc2ncnn21)Nc1ccccc1Cl. The Balaban J connectivity index is 1.51. The summed E-state index contributed by atoms with van der Waals surface area (Å²) in [7, 11) is 0. The Bertz CT molecular complexity index is 1040. The number of hydrogen-bond acceptors (Lipinski definition) is 5. The van der Waals surface area contributed by atoms with Gasteiger partial charge in [0, 0.05) is 5.56 Å². The molecule has 0 spiro atoms. The van der Waals surface area contributed by atoms with Crippen molar-refractivity contribution in [3.05, 3.63) is 65.4 Å². The molecular weight excluding hydrogens is 382 g/mol. The van der Waals surface area contributed by atoms with Crippen LogP contribution in [-0.2, 0) is 9.59 Å². The lowest BCUT2D eigenvalue weighted by Gasteiger charge is -2.25. The molecule has 142 valence electrons. The third-order valence-corrected chi connectivity index (χ3v) is 4.61. The van der Waals surface area contributed by atoms with Crippen LogP contribution in [0.3, 0.4) is 0 Å². The minimum Gasteiger partial charge on any atom is -0.483 e. The number of amides is 2. The summed E-state index contributed by atoms with van der Waals surface area (Å²) in [5.74, 6) is 0.382. The van der Waals surface area contributed by atoms with Crippen molar-refractivity contribution in [2.75, 3.05) is 17.2 Å². The molecule has 0 saturated heterocycles. The first-order valence-corrected chi connectivity index (χ1v) is 8.95. The van der Waals surface area contributed by atoms with Crippen LogP contribution in [0.1, 0.15) is 18.0 Å². The molecule has 8 nitrogen and oxygen atoms in total. The van der Waals surface area contributed by atoms with Crippen LogP contribution in [0.25, 0.3) is 0 Å². The molecule has 4 rings (SSSR count). The van der Waals surface area contributed by atoms with Crippen molar-refractivity contribution in [1.29, 1.82) is 0 Å². The summed E-state index contributed by atoms with van der Waals surface area (Å²) in [6.45, 7) is -0.203. The molecule has 0 aliphatic carbocycles. The van der Waals surface area contributed by atoms with E-state index in [2.05, 4.69) is 20.7 Å². The van der Waals surface area contributed by atoms with Gasteiger partial charge in [-0.15, -0.1) is 0 Å². The Hall–Kier alpha value is -3.39. The van der Waals surface area contributed by atoms with Gasteiger partial charge in [-0.05, 0) is 18.2 Å².